The van der Waals surface area contributed by atoms with Crippen molar-refractivity contribution in [1.82, 2.24) is 9.97 Å². The van der Waals surface area contributed by atoms with Crippen LogP contribution in [-0.4, -0.2) is 32.0 Å². The molecule has 1 unspecified atom stereocenters. The maximum absolute atomic E-state index is 10.4. The molecule has 1 atom stereocenters. The van der Waals surface area contributed by atoms with Gasteiger partial charge in [0.1, 0.15) is 5.60 Å². The van der Waals surface area contributed by atoms with Crippen molar-refractivity contribution in [1.29, 1.82) is 0 Å². The molecule has 1 aromatic rings. The Morgan fingerprint density at radius 2 is 2.00 bits per heavy atom. The van der Waals surface area contributed by atoms with E-state index in [1.807, 2.05) is 0 Å². The minimum Gasteiger partial charge on any atom is -0.547 e. The van der Waals surface area contributed by atoms with Gasteiger partial charge in [-0.3, -0.25) is 9.97 Å². The van der Waals surface area contributed by atoms with Crippen LogP contribution in [0, 0.1) is 0 Å². The second kappa shape index (κ2) is 7.69. The standard InChI is InChI=1S/C7H8N2O3.Na.2H2O/c1-7(12,6(10)11)5-4-8-2-3-9-5;;;/h2-4,12H,1H3,(H,10,11);;2*1H2/q;+1;;/p-1. The average Bonchev–Trinajstić information content (AvgIpc) is 2.06. The number of carbonyl (C=O) groups is 1. The molecule has 1 heterocycles. The minimum atomic E-state index is -2.08. The van der Waals surface area contributed by atoms with Gasteiger partial charge in [-0.25, -0.2) is 0 Å². The number of carboxylic acids is 1. The molecule has 0 spiro atoms. The molecule has 5 N–H and O–H groups in total. The van der Waals surface area contributed by atoms with E-state index in [2.05, 4.69) is 9.97 Å². The average molecular weight is 226 g/mol. The molecule has 7 nitrogen and oxygen atoms in total. The Hall–Kier alpha value is -0.570. The van der Waals surface area contributed by atoms with E-state index in [-0.39, 0.29) is 46.2 Å². The van der Waals surface area contributed by atoms with E-state index in [0.717, 1.165) is 6.92 Å². The fourth-order valence-corrected chi connectivity index (χ4v) is 0.655. The van der Waals surface area contributed by atoms with Gasteiger partial charge in [-0.15, -0.1) is 0 Å². The van der Waals surface area contributed by atoms with E-state index < -0.39 is 11.6 Å². The molecule has 1 aromatic heterocycles. The number of carbonyl (C=O) groups excluding carboxylic acids is 1. The Morgan fingerprint density at radius 3 is 2.33 bits per heavy atom. The Bertz CT molecular complexity index is 293. The maximum atomic E-state index is 10.4. The molecule has 1 rings (SSSR count). The third-order valence-electron chi connectivity index (χ3n) is 1.46. The van der Waals surface area contributed by atoms with Crippen molar-refractivity contribution in [2.24, 2.45) is 0 Å². The van der Waals surface area contributed by atoms with Crippen molar-refractivity contribution in [2.75, 3.05) is 0 Å². The Balaban J connectivity index is -0.000000480. The second-order valence-electron chi connectivity index (χ2n) is 2.45. The molecule has 0 aliphatic rings. The van der Waals surface area contributed by atoms with Gasteiger partial charge in [0.15, 0.2) is 0 Å². The Kier molecular flexibility index (Phi) is 10.2. The van der Waals surface area contributed by atoms with E-state index in [1.54, 1.807) is 0 Å². The summed E-state index contributed by atoms with van der Waals surface area (Å²) in [6.07, 6.45) is 3.86. The van der Waals surface area contributed by atoms with Crippen LogP contribution in [0.3, 0.4) is 0 Å². The van der Waals surface area contributed by atoms with Crippen molar-refractivity contribution in [3.8, 4) is 0 Å². The van der Waals surface area contributed by atoms with Crippen LogP contribution in [0.4, 0.5) is 0 Å². The Morgan fingerprint density at radius 1 is 1.47 bits per heavy atom. The van der Waals surface area contributed by atoms with Crippen molar-refractivity contribution in [3.05, 3.63) is 24.3 Å². The summed E-state index contributed by atoms with van der Waals surface area (Å²) in [5.74, 6) is -1.59. The fourth-order valence-electron chi connectivity index (χ4n) is 0.655. The number of hydrogen-bond donors (Lipinski definition) is 1. The number of hydrogen-bond acceptors (Lipinski definition) is 5. The van der Waals surface area contributed by atoms with Crippen LogP contribution >= 0.6 is 0 Å². The maximum Gasteiger partial charge on any atom is 1.00 e. The molecule has 8 heteroatoms. The predicted molar refractivity (Wildman–Crippen MR) is 43.8 cm³/mol. The SMILES string of the molecule is CC(O)(C(=O)[O-])c1cnccn1.O.O.[Na+]. The number of aromatic nitrogens is 2. The first-order valence-corrected chi connectivity index (χ1v) is 3.25. The Labute approximate surface area is 108 Å². The topological polar surface area (TPSA) is 149 Å². The number of rotatable bonds is 2. The van der Waals surface area contributed by atoms with Gasteiger partial charge in [-0.2, -0.15) is 0 Å². The van der Waals surface area contributed by atoms with Crippen LogP contribution in [0.15, 0.2) is 18.6 Å². The smallest absolute Gasteiger partial charge is 0.547 e. The molecule has 80 valence electrons. The number of aliphatic hydroxyl groups is 1. The summed E-state index contributed by atoms with van der Waals surface area (Å²) in [5, 5.41) is 19.7. The van der Waals surface area contributed by atoms with Crippen LogP contribution in [0.5, 0.6) is 0 Å². The van der Waals surface area contributed by atoms with Crippen molar-refractivity contribution in [3.63, 3.8) is 0 Å². The largest absolute Gasteiger partial charge is 1.00 e. The summed E-state index contributed by atoms with van der Waals surface area (Å²) in [7, 11) is 0. The fraction of sp³-hybridized carbons (Fsp3) is 0.286. The molecule has 0 amide bonds. The first kappa shape index (κ1) is 19.9. The third kappa shape index (κ3) is 4.65. The number of nitrogens with zero attached hydrogens (tertiary/aromatic N) is 2. The molecule has 0 bridgehead atoms. The van der Waals surface area contributed by atoms with Crippen molar-refractivity contribution in [2.45, 2.75) is 12.5 Å². The van der Waals surface area contributed by atoms with Gasteiger partial charge in [-0.1, -0.05) is 0 Å². The summed E-state index contributed by atoms with van der Waals surface area (Å²) in [6.45, 7) is 1.09. The first-order valence-electron chi connectivity index (χ1n) is 3.25. The zero-order valence-electron chi connectivity index (χ0n) is 8.39. The summed E-state index contributed by atoms with van der Waals surface area (Å²) in [6, 6.07) is 0. The van der Waals surface area contributed by atoms with Crippen LogP contribution in [0.25, 0.3) is 0 Å². The molecule has 0 radical (unpaired) electrons. The van der Waals surface area contributed by atoms with Crippen LogP contribution < -0.4 is 34.7 Å². The zero-order chi connectivity index (χ0) is 9.19. The van der Waals surface area contributed by atoms with Gasteiger partial charge in [0.05, 0.1) is 17.9 Å². The second-order valence-corrected chi connectivity index (χ2v) is 2.45. The number of carboxylic acid groups (broad SMARTS) is 1. The van der Waals surface area contributed by atoms with Crippen molar-refractivity contribution >= 4 is 5.97 Å². The van der Waals surface area contributed by atoms with Crippen LogP contribution in [0.1, 0.15) is 12.6 Å². The van der Waals surface area contributed by atoms with Crippen LogP contribution in [-0.2, 0) is 10.4 Å². The van der Waals surface area contributed by atoms with Crippen molar-refractivity contribution < 1.29 is 55.5 Å². The van der Waals surface area contributed by atoms with E-state index in [4.69, 9.17) is 0 Å². The molecule has 0 saturated heterocycles. The van der Waals surface area contributed by atoms with Gasteiger partial charge < -0.3 is 26.0 Å². The quantitative estimate of drug-likeness (QED) is 0.497. The molecule has 0 saturated carbocycles. The van der Waals surface area contributed by atoms with Gasteiger partial charge in [0.25, 0.3) is 0 Å². The van der Waals surface area contributed by atoms with Crippen LogP contribution in [0.2, 0.25) is 0 Å². The predicted octanol–water partition coefficient (Wildman–Crippen LogP) is -6.21. The van der Waals surface area contributed by atoms with Gasteiger partial charge in [0.2, 0.25) is 0 Å². The van der Waals surface area contributed by atoms with E-state index >= 15 is 0 Å². The van der Waals surface area contributed by atoms with Gasteiger partial charge in [0, 0.05) is 12.4 Å². The monoisotopic (exact) mass is 226 g/mol. The summed E-state index contributed by atoms with van der Waals surface area (Å²) in [4.78, 5) is 17.7. The molecule has 0 aliphatic heterocycles. The van der Waals surface area contributed by atoms with Gasteiger partial charge >= 0.3 is 29.6 Å². The first-order chi connectivity index (χ1) is 5.55. The van der Waals surface area contributed by atoms with Gasteiger partial charge in [-0.05, 0) is 6.92 Å². The minimum absolute atomic E-state index is 0. The number of aliphatic carboxylic acids is 1. The summed E-state index contributed by atoms with van der Waals surface area (Å²) in [5.41, 5.74) is -2.11. The zero-order valence-corrected chi connectivity index (χ0v) is 10.4. The third-order valence-corrected chi connectivity index (χ3v) is 1.46. The van der Waals surface area contributed by atoms with E-state index in [1.165, 1.54) is 18.6 Å². The van der Waals surface area contributed by atoms with E-state index in [0.29, 0.717) is 0 Å². The molecule has 0 aliphatic carbocycles. The molecular weight excluding hydrogens is 215 g/mol. The molecular formula is C7H11N2NaO5. The molecule has 0 fully saturated rings. The molecule has 15 heavy (non-hydrogen) atoms. The molecule has 0 aromatic carbocycles. The summed E-state index contributed by atoms with van der Waals surface area (Å²) >= 11 is 0. The summed E-state index contributed by atoms with van der Waals surface area (Å²) < 4.78 is 0. The van der Waals surface area contributed by atoms with E-state index in [9.17, 15) is 15.0 Å². The normalized spacial score (nSPS) is 12.1.